The zero-order chi connectivity index (χ0) is 20.5. The van der Waals surface area contributed by atoms with Gasteiger partial charge in [0.15, 0.2) is 0 Å². The van der Waals surface area contributed by atoms with Crippen molar-refractivity contribution in [3.05, 3.63) is 82.2 Å². The van der Waals surface area contributed by atoms with Crippen LogP contribution in [0.1, 0.15) is 11.1 Å². The van der Waals surface area contributed by atoms with E-state index in [0.717, 1.165) is 21.4 Å². The summed E-state index contributed by atoms with van der Waals surface area (Å²) in [5, 5.41) is 11.1. The van der Waals surface area contributed by atoms with Crippen LogP contribution >= 0.6 is 0 Å². The molecule has 8 heteroatoms. The standard InChI is InChI=1S/C21H18FN5O2/c1-13-3-8-17(14(2)9-13)18-10-19-21(29)26(23-12-27(19)25-18)11-20(28)24-16-6-4-15(22)5-7-16/h3-10,12H,11H2,1-2H3,(H,24,28). The molecule has 7 nitrogen and oxygen atoms in total. The summed E-state index contributed by atoms with van der Waals surface area (Å²) < 4.78 is 15.4. The number of nitrogens with one attached hydrogen (secondary N) is 1. The predicted octanol–water partition coefficient (Wildman–Crippen LogP) is 2.95. The molecule has 0 saturated carbocycles. The third-order valence-electron chi connectivity index (χ3n) is 4.57. The van der Waals surface area contributed by atoms with Crippen LogP contribution in [-0.4, -0.2) is 25.3 Å². The molecular formula is C21H18FN5O2. The van der Waals surface area contributed by atoms with Gasteiger partial charge in [0.05, 0.1) is 5.69 Å². The van der Waals surface area contributed by atoms with E-state index in [-0.39, 0.29) is 6.54 Å². The van der Waals surface area contributed by atoms with Crippen LogP contribution in [0.2, 0.25) is 0 Å². The number of hydrogen-bond acceptors (Lipinski definition) is 4. The van der Waals surface area contributed by atoms with E-state index in [4.69, 9.17) is 0 Å². The highest BCUT2D eigenvalue weighted by molar-refractivity contribution is 5.90. The second-order valence-corrected chi connectivity index (χ2v) is 6.83. The number of halogens is 1. The highest BCUT2D eigenvalue weighted by atomic mass is 19.1. The molecule has 0 saturated heterocycles. The van der Waals surface area contributed by atoms with Crippen molar-refractivity contribution in [3.8, 4) is 11.3 Å². The Kier molecular flexibility index (Phi) is 4.67. The van der Waals surface area contributed by atoms with Gasteiger partial charge in [-0.3, -0.25) is 9.59 Å². The molecule has 1 amide bonds. The molecule has 29 heavy (non-hydrogen) atoms. The lowest BCUT2D eigenvalue weighted by atomic mass is 10.0. The van der Waals surface area contributed by atoms with Crippen LogP contribution in [0.3, 0.4) is 0 Å². The smallest absolute Gasteiger partial charge is 0.293 e. The zero-order valence-electron chi connectivity index (χ0n) is 15.9. The van der Waals surface area contributed by atoms with Crippen LogP contribution in [0.5, 0.6) is 0 Å². The van der Waals surface area contributed by atoms with Crippen LogP contribution in [0, 0.1) is 19.7 Å². The number of aromatic nitrogens is 4. The highest BCUT2D eigenvalue weighted by Gasteiger charge is 2.13. The first-order valence-corrected chi connectivity index (χ1v) is 8.99. The lowest BCUT2D eigenvalue weighted by molar-refractivity contribution is -0.117. The molecule has 0 aliphatic carbocycles. The zero-order valence-corrected chi connectivity index (χ0v) is 15.9. The molecule has 4 aromatic rings. The number of rotatable bonds is 4. The maximum atomic E-state index is 13.0. The lowest BCUT2D eigenvalue weighted by Crippen LogP contribution is -2.30. The summed E-state index contributed by atoms with van der Waals surface area (Å²) in [6, 6.07) is 13.1. The molecule has 146 valence electrons. The van der Waals surface area contributed by atoms with Crippen molar-refractivity contribution >= 4 is 17.1 Å². The van der Waals surface area contributed by atoms with Crippen molar-refractivity contribution in [1.82, 2.24) is 19.4 Å². The van der Waals surface area contributed by atoms with Crippen LogP contribution < -0.4 is 10.9 Å². The summed E-state index contributed by atoms with van der Waals surface area (Å²) in [6.45, 7) is 3.74. The number of fused-ring (bicyclic) bond motifs is 1. The molecule has 0 bridgehead atoms. The second-order valence-electron chi connectivity index (χ2n) is 6.83. The molecule has 2 heterocycles. The van der Waals surface area contributed by atoms with Crippen molar-refractivity contribution in [2.24, 2.45) is 0 Å². The van der Waals surface area contributed by atoms with Crippen LogP contribution in [0.4, 0.5) is 10.1 Å². The van der Waals surface area contributed by atoms with Gasteiger partial charge in [-0.1, -0.05) is 23.8 Å². The largest absolute Gasteiger partial charge is 0.324 e. The first kappa shape index (κ1) is 18.5. The van der Waals surface area contributed by atoms with Gasteiger partial charge < -0.3 is 5.32 Å². The van der Waals surface area contributed by atoms with Crippen molar-refractivity contribution in [1.29, 1.82) is 0 Å². The van der Waals surface area contributed by atoms with Crippen molar-refractivity contribution in [2.45, 2.75) is 20.4 Å². The molecule has 0 aliphatic heterocycles. The summed E-state index contributed by atoms with van der Waals surface area (Å²) >= 11 is 0. The highest BCUT2D eigenvalue weighted by Crippen LogP contribution is 2.23. The molecule has 2 aromatic heterocycles. The molecule has 2 aromatic carbocycles. The fraction of sp³-hybridized carbons (Fsp3) is 0.143. The third kappa shape index (κ3) is 3.77. The second kappa shape index (κ2) is 7.31. The average Bonchev–Trinajstić information content (AvgIpc) is 3.11. The Morgan fingerprint density at radius 2 is 1.86 bits per heavy atom. The van der Waals surface area contributed by atoms with Crippen molar-refractivity contribution in [2.75, 3.05) is 5.32 Å². The topological polar surface area (TPSA) is 81.3 Å². The van der Waals surface area contributed by atoms with Gasteiger partial charge >= 0.3 is 0 Å². The van der Waals surface area contributed by atoms with E-state index in [1.54, 1.807) is 6.07 Å². The number of carbonyl (C=O) groups is 1. The normalized spacial score (nSPS) is 11.0. The van der Waals surface area contributed by atoms with Gasteiger partial charge in [0.2, 0.25) is 5.91 Å². The van der Waals surface area contributed by atoms with Gasteiger partial charge in [-0.25, -0.2) is 13.6 Å². The lowest BCUT2D eigenvalue weighted by Gasteiger charge is -2.06. The number of benzene rings is 2. The molecule has 0 aliphatic rings. The molecule has 1 N–H and O–H groups in total. The summed E-state index contributed by atoms with van der Waals surface area (Å²) in [6.07, 6.45) is 1.40. The van der Waals surface area contributed by atoms with Gasteiger partial charge in [0.25, 0.3) is 5.56 Å². The number of nitrogens with zero attached hydrogens (tertiary/aromatic N) is 4. The first-order valence-electron chi connectivity index (χ1n) is 8.99. The number of aryl methyl sites for hydroxylation is 2. The summed E-state index contributed by atoms with van der Waals surface area (Å²) in [7, 11) is 0. The van der Waals surface area contributed by atoms with Crippen LogP contribution in [-0.2, 0) is 11.3 Å². The molecule has 0 atom stereocenters. The van der Waals surface area contributed by atoms with E-state index in [9.17, 15) is 14.0 Å². The third-order valence-corrected chi connectivity index (χ3v) is 4.57. The van der Waals surface area contributed by atoms with E-state index in [1.165, 1.54) is 35.1 Å². The Hall–Kier alpha value is -3.81. The van der Waals surface area contributed by atoms with Gasteiger partial charge in [0, 0.05) is 11.3 Å². The maximum absolute atomic E-state index is 13.0. The van der Waals surface area contributed by atoms with Gasteiger partial charge in [-0.2, -0.15) is 10.2 Å². The minimum atomic E-state index is -0.440. The molecule has 0 spiro atoms. The number of hydrogen-bond donors (Lipinski definition) is 1. The number of carbonyl (C=O) groups excluding carboxylic acids is 1. The monoisotopic (exact) mass is 391 g/mol. The SMILES string of the molecule is Cc1ccc(-c2cc3c(=O)n(CC(=O)Nc4ccc(F)cc4)ncn3n2)c(C)c1. The summed E-state index contributed by atoms with van der Waals surface area (Å²) in [5.41, 5.74) is 4.13. The predicted molar refractivity (Wildman–Crippen MR) is 107 cm³/mol. The molecule has 4 rings (SSSR count). The van der Waals surface area contributed by atoms with E-state index >= 15 is 0 Å². The van der Waals surface area contributed by atoms with E-state index in [2.05, 4.69) is 21.6 Å². The first-order chi connectivity index (χ1) is 13.9. The fourth-order valence-electron chi connectivity index (χ4n) is 3.15. The molecule has 0 unspecified atom stereocenters. The Morgan fingerprint density at radius 1 is 1.10 bits per heavy atom. The van der Waals surface area contributed by atoms with E-state index < -0.39 is 17.3 Å². The Labute approximate surface area is 165 Å². The quantitative estimate of drug-likeness (QED) is 0.580. The molecule has 0 radical (unpaired) electrons. The fourth-order valence-corrected chi connectivity index (χ4v) is 3.15. The van der Waals surface area contributed by atoms with E-state index in [0.29, 0.717) is 16.9 Å². The Balaban J connectivity index is 1.61. The van der Waals surface area contributed by atoms with Gasteiger partial charge in [0.1, 0.15) is 24.2 Å². The average molecular weight is 391 g/mol. The van der Waals surface area contributed by atoms with E-state index in [1.807, 2.05) is 26.0 Å². The number of amides is 1. The Bertz CT molecular complexity index is 1270. The maximum Gasteiger partial charge on any atom is 0.293 e. The molecule has 0 fully saturated rings. The van der Waals surface area contributed by atoms with Gasteiger partial charge in [-0.15, -0.1) is 0 Å². The van der Waals surface area contributed by atoms with Crippen molar-refractivity contribution < 1.29 is 9.18 Å². The van der Waals surface area contributed by atoms with Gasteiger partial charge in [-0.05, 0) is 49.7 Å². The minimum Gasteiger partial charge on any atom is -0.324 e. The van der Waals surface area contributed by atoms with Crippen LogP contribution in [0.25, 0.3) is 16.8 Å². The summed E-state index contributed by atoms with van der Waals surface area (Å²) in [5.74, 6) is -0.837. The summed E-state index contributed by atoms with van der Waals surface area (Å²) in [4.78, 5) is 25.0. The molecular weight excluding hydrogens is 373 g/mol. The number of anilines is 1. The minimum absolute atomic E-state index is 0.267. The van der Waals surface area contributed by atoms with Crippen molar-refractivity contribution in [3.63, 3.8) is 0 Å². The Morgan fingerprint density at radius 3 is 2.59 bits per heavy atom. The van der Waals surface area contributed by atoms with Crippen LogP contribution in [0.15, 0.2) is 59.7 Å².